The molecule has 2 aromatic carbocycles. The van der Waals surface area contributed by atoms with Gasteiger partial charge in [0.05, 0.1) is 12.0 Å². The quantitative estimate of drug-likeness (QED) is 0.450. The number of carbonyl (C=O) groups excluding carboxylic acids is 1. The molecule has 0 spiro atoms. The Kier molecular flexibility index (Phi) is 8.44. The fourth-order valence-corrected chi connectivity index (χ4v) is 5.89. The number of piperazine rings is 1. The van der Waals surface area contributed by atoms with Gasteiger partial charge in [0.15, 0.2) is 0 Å². The first-order chi connectivity index (χ1) is 17.4. The zero-order valence-electron chi connectivity index (χ0n) is 19.7. The second-order valence-electron chi connectivity index (χ2n) is 8.05. The number of hydrogen-bond donors (Lipinski definition) is 1. The number of ether oxygens (including phenoxy) is 1. The standard InChI is InChI=1S/C25H26N4O4S3/c1-33-22-8-10-23(11-9-22)36(31,32)27-21-6-4-20(5-7-21)24(30)28-13-15-29(16-14-28)25(34)35-18-19-3-2-12-26-17-19/h2-12,17,27H,13-16,18H2,1H3. The van der Waals surface area contributed by atoms with Crippen LogP contribution in [0.4, 0.5) is 5.69 Å². The molecule has 4 rings (SSSR count). The normalized spacial score (nSPS) is 13.8. The van der Waals surface area contributed by atoms with Gasteiger partial charge in [-0.25, -0.2) is 8.42 Å². The van der Waals surface area contributed by atoms with E-state index in [1.165, 1.54) is 19.2 Å². The number of amides is 1. The number of hydrogen-bond acceptors (Lipinski definition) is 7. The van der Waals surface area contributed by atoms with Crippen LogP contribution < -0.4 is 9.46 Å². The van der Waals surface area contributed by atoms with E-state index in [2.05, 4.69) is 14.6 Å². The molecule has 1 N–H and O–H groups in total. The van der Waals surface area contributed by atoms with Gasteiger partial charge in [-0.1, -0.05) is 30.0 Å². The summed E-state index contributed by atoms with van der Waals surface area (Å²) in [7, 11) is -2.24. The molecule has 1 saturated heterocycles. The van der Waals surface area contributed by atoms with Gasteiger partial charge in [0.25, 0.3) is 15.9 Å². The summed E-state index contributed by atoms with van der Waals surface area (Å²) in [5.41, 5.74) is 2.00. The highest BCUT2D eigenvalue weighted by Gasteiger charge is 2.24. The zero-order chi connectivity index (χ0) is 25.5. The summed E-state index contributed by atoms with van der Waals surface area (Å²) in [6.45, 7) is 2.48. The van der Waals surface area contributed by atoms with Crippen LogP contribution in [-0.4, -0.2) is 66.7 Å². The van der Waals surface area contributed by atoms with Gasteiger partial charge in [0, 0.05) is 55.6 Å². The molecule has 1 aromatic heterocycles. The van der Waals surface area contributed by atoms with Gasteiger partial charge in [0.2, 0.25) is 0 Å². The summed E-state index contributed by atoms with van der Waals surface area (Å²) >= 11 is 7.18. The van der Waals surface area contributed by atoms with E-state index in [4.69, 9.17) is 17.0 Å². The minimum absolute atomic E-state index is 0.0897. The van der Waals surface area contributed by atoms with Crippen LogP contribution in [-0.2, 0) is 15.8 Å². The lowest BCUT2D eigenvalue weighted by Crippen LogP contribution is -2.49. The maximum Gasteiger partial charge on any atom is 0.261 e. The van der Waals surface area contributed by atoms with Gasteiger partial charge in [-0.05, 0) is 60.2 Å². The number of anilines is 1. The Morgan fingerprint density at radius 3 is 2.31 bits per heavy atom. The van der Waals surface area contributed by atoms with Crippen molar-refractivity contribution in [3.63, 3.8) is 0 Å². The summed E-state index contributed by atoms with van der Waals surface area (Å²) in [5, 5.41) is 0. The topological polar surface area (TPSA) is 91.8 Å². The molecule has 1 amide bonds. The average Bonchev–Trinajstić information content (AvgIpc) is 2.92. The Morgan fingerprint density at radius 1 is 1.03 bits per heavy atom. The number of thioether (sulfide) groups is 1. The molecule has 0 atom stereocenters. The monoisotopic (exact) mass is 542 g/mol. The molecule has 11 heteroatoms. The molecule has 36 heavy (non-hydrogen) atoms. The summed E-state index contributed by atoms with van der Waals surface area (Å²) in [6, 6.07) is 16.5. The molecule has 3 aromatic rings. The van der Waals surface area contributed by atoms with E-state index in [-0.39, 0.29) is 10.8 Å². The van der Waals surface area contributed by atoms with Gasteiger partial charge >= 0.3 is 0 Å². The van der Waals surface area contributed by atoms with Crippen LogP contribution in [0, 0.1) is 0 Å². The number of aromatic nitrogens is 1. The highest BCUT2D eigenvalue weighted by molar-refractivity contribution is 8.22. The number of thiocarbonyl (C=S) groups is 1. The highest BCUT2D eigenvalue weighted by atomic mass is 32.2. The first-order valence-electron chi connectivity index (χ1n) is 11.2. The second-order valence-corrected chi connectivity index (χ2v) is 11.3. The lowest BCUT2D eigenvalue weighted by Gasteiger charge is -2.36. The van der Waals surface area contributed by atoms with E-state index < -0.39 is 10.0 Å². The molecular formula is C25H26N4O4S3. The summed E-state index contributed by atoms with van der Waals surface area (Å²) < 4.78 is 33.7. The van der Waals surface area contributed by atoms with Gasteiger partial charge in [0.1, 0.15) is 10.1 Å². The van der Waals surface area contributed by atoms with Crippen LogP contribution in [0.25, 0.3) is 0 Å². The number of pyridine rings is 1. The summed E-state index contributed by atoms with van der Waals surface area (Å²) in [4.78, 5) is 21.1. The second kappa shape index (κ2) is 11.7. The van der Waals surface area contributed by atoms with Crippen LogP contribution in [0.3, 0.4) is 0 Å². The van der Waals surface area contributed by atoms with Crippen molar-refractivity contribution in [2.24, 2.45) is 0 Å². The van der Waals surface area contributed by atoms with Gasteiger partial charge in [-0.15, -0.1) is 0 Å². The molecule has 0 unspecified atom stereocenters. The van der Waals surface area contributed by atoms with E-state index in [0.717, 1.165) is 15.6 Å². The van der Waals surface area contributed by atoms with Gasteiger partial charge < -0.3 is 14.5 Å². The van der Waals surface area contributed by atoms with Crippen molar-refractivity contribution in [1.29, 1.82) is 0 Å². The number of nitrogens with zero attached hydrogens (tertiary/aromatic N) is 3. The summed E-state index contributed by atoms with van der Waals surface area (Å²) in [6.07, 6.45) is 3.58. The third-order valence-corrected chi connectivity index (χ3v) is 8.66. The number of carbonyl (C=O) groups is 1. The lowest BCUT2D eigenvalue weighted by molar-refractivity contribution is 0.0695. The van der Waals surface area contributed by atoms with Crippen molar-refractivity contribution >= 4 is 49.9 Å². The third kappa shape index (κ3) is 6.54. The van der Waals surface area contributed by atoms with Crippen LogP contribution in [0.2, 0.25) is 0 Å². The smallest absolute Gasteiger partial charge is 0.261 e. The largest absolute Gasteiger partial charge is 0.497 e. The Bertz CT molecular complexity index is 1290. The number of nitrogens with one attached hydrogen (secondary N) is 1. The Labute approximate surface area is 220 Å². The Hall–Kier alpha value is -3.15. The molecule has 2 heterocycles. The number of methoxy groups -OCH3 is 1. The fourth-order valence-electron chi connectivity index (χ4n) is 3.64. The van der Waals surface area contributed by atoms with Crippen LogP contribution in [0.5, 0.6) is 5.75 Å². The van der Waals surface area contributed by atoms with Crippen LogP contribution in [0.15, 0.2) is 78.0 Å². The van der Waals surface area contributed by atoms with E-state index in [1.807, 2.05) is 18.3 Å². The van der Waals surface area contributed by atoms with E-state index >= 15 is 0 Å². The molecule has 0 bridgehead atoms. The van der Waals surface area contributed by atoms with Crippen molar-refractivity contribution in [2.75, 3.05) is 38.0 Å². The maximum atomic E-state index is 13.0. The van der Waals surface area contributed by atoms with E-state index in [0.29, 0.717) is 43.2 Å². The summed E-state index contributed by atoms with van der Waals surface area (Å²) in [5.74, 6) is 1.25. The van der Waals surface area contributed by atoms with E-state index in [1.54, 1.807) is 59.3 Å². The van der Waals surface area contributed by atoms with Gasteiger partial charge in [-0.3, -0.25) is 14.5 Å². The SMILES string of the molecule is COc1ccc(S(=O)(=O)Nc2ccc(C(=O)N3CCN(C(=S)SCc4cccnc4)CC3)cc2)cc1. The predicted molar refractivity (Wildman–Crippen MR) is 146 cm³/mol. The molecule has 0 radical (unpaired) electrons. The average molecular weight is 543 g/mol. The lowest BCUT2D eigenvalue weighted by atomic mass is 10.1. The minimum atomic E-state index is -3.75. The number of benzene rings is 2. The number of sulfonamides is 1. The molecule has 0 aliphatic carbocycles. The Balaban J connectivity index is 1.29. The van der Waals surface area contributed by atoms with Crippen molar-refractivity contribution in [3.8, 4) is 5.75 Å². The first-order valence-corrected chi connectivity index (χ1v) is 14.1. The van der Waals surface area contributed by atoms with E-state index in [9.17, 15) is 13.2 Å². The predicted octanol–water partition coefficient (Wildman–Crippen LogP) is 3.87. The third-order valence-electron chi connectivity index (χ3n) is 5.66. The minimum Gasteiger partial charge on any atom is -0.497 e. The highest BCUT2D eigenvalue weighted by Crippen LogP contribution is 2.21. The molecule has 8 nitrogen and oxygen atoms in total. The Morgan fingerprint density at radius 2 is 1.69 bits per heavy atom. The molecule has 1 aliphatic heterocycles. The fraction of sp³-hybridized carbons (Fsp3) is 0.240. The van der Waals surface area contributed by atoms with Crippen LogP contribution >= 0.6 is 24.0 Å². The number of rotatable bonds is 7. The first kappa shape index (κ1) is 25.9. The van der Waals surface area contributed by atoms with Gasteiger partial charge in [-0.2, -0.15) is 0 Å². The molecule has 1 fully saturated rings. The molecular weight excluding hydrogens is 517 g/mol. The molecule has 188 valence electrons. The van der Waals surface area contributed by atoms with Crippen molar-refractivity contribution < 1.29 is 17.9 Å². The molecule has 1 aliphatic rings. The maximum absolute atomic E-state index is 13.0. The van der Waals surface area contributed by atoms with Crippen molar-refractivity contribution in [2.45, 2.75) is 10.6 Å². The van der Waals surface area contributed by atoms with Crippen molar-refractivity contribution in [3.05, 3.63) is 84.2 Å². The van der Waals surface area contributed by atoms with Crippen LogP contribution in [0.1, 0.15) is 15.9 Å². The zero-order valence-corrected chi connectivity index (χ0v) is 22.1. The molecule has 0 saturated carbocycles. The van der Waals surface area contributed by atoms with Crippen molar-refractivity contribution in [1.82, 2.24) is 14.8 Å².